The molecule has 1 aromatic carbocycles. The summed E-state index contributed by atoms with van der Waals surface area (Å²) in [5.74, 6) is -0.227. The third kappa shape index (κ3) is 2.53. The van der Waals surface area contributed by atoms with Gasteiger partial charge in [-0.05, 0) is 17.7 Å². The zero-order valence-electron chi connectivity index (χ0n) is 8.11. The van der Waals surface area contributed by atoms with Crippen LogP contribution in [0.2, 0.25) is 5.02 Å². The Morgan fingerprint density at radius 3 is 2.94 bits per heavy atom. The molecule has 86 valence electrons. The molecule has 3 nitrogen and oxygen atoms in total. The van der Waals surface area contributed by atoms with Gasteiger partial charge in [0.25, 0.3) is 0 Å². The number of halogens is 2. The minimum Gasteiger partial charge on any atom is -0.480 e. The predicted molar refractivity (Wildman–Crippen MR) is 68.9 cm³/mol. The molecule has 0 amide bonds. The van der Waals surface area contributed by atoms with Crippen molar-refractivity contribution in [1.29, 1.82) is 0 Å². The zero-order chi connectivity index (χ0) is 11.7. The third-order valence-electron chi connectivity index (χ3n) is 2.33. The highest BCUT2D eigenvalue weighted by atomic mass is 79.9. The lowest BCUT2D eigenvalue weighted by Crippen LogP contribution is -2.33. The van der Waals surface area contributed by atoms with Crippen LogP contribution in [0.5, 0.6) is 0 Å². The second kappa shape index (κ2) is 4.96. The summed E-state index contributed by atoms with van der Waals surface area (Å²) >= 11 is 10.9. The molecule has 0 aliphatic carbocycles. The molecule has 0 saturated carbocycles. The Hall–Kier alpha value is -0.230. The molecule has 0 aromatic heterocycles. The first-order valence-corrected chi connectivity index (χ1v) is 6.85. The van der Waals surface area contributed by atoms with Crippen molar-refractivity contribution in [2.75, 3.05) is 5.75 Å². The van der Waals surface area contributed by atoms with E-state index in [2.05, 4.69) is 21.2 Å². The number of benzene rings is 1. The van der Waals surface area contributed by atoms with Gasteiger partial charge in [-0.2, -0.15) is 0 Å². The second-order valence-electron chi connectivity index (χ2n) is 3.44. The summed E-state index contributed by atoms with van der Waals surface area (Å²) in [6.45, 7) is 0. The Kier molecular flexibility index (Phi) is 3.79. The number of nitrogens with one attached hydrogen (secondary N) is 1. The molecule has 0 spiro atoms. The van der Waals surface area contributed by atoms with Crippen LogP contribution in [0.3, 0.4) is 0 Å². The van der Waals surface area contributed by atoms with Crippen LogP contribution in [0.25, 0.3) is 0 Å². The summed E-state index contributed by atoms with van der Waals surface area (Å²) in [4.78, 5) is 10.8. The molecule has 2 rings (SSSR count). The van der Waals surface area contributed by atoms with Crippen LogP contribution in [0.15, 0.2) is 22.7 Å². The summed E-state index contributed by atoms with van der Waals surface area (Å²) in [6.07, 6.45) is 0. The fourth-order valence-electron chi connectivity index (χ4n) is 1.51. The fraction of sp³-hybridized carbons (Fsp3) is 0.300. The van der Waals surface area contributed by atoms with Gasteiger partial charge >= 0.3 is 5.97 Å². The molecular weight excluding hydrogens is 314 g/mol. The van der Waals surface area contributed by atoms with Gasteiger partial charge in [-0.25, -0.2) is 0 Å². The van der Waals surface area contributed by atoms with E-state index in [1.54, 1.807) is 17.8 Å². The summed E-state index contributed by atoms with van der Waals surface area (Å²) in [6, 6.07) is 5.05. The summed E-state index contributed by atoms with van der Waals surface area (Å²) in [5, 5.41) is 12.6. The van der Waals surface area contributed by atoms with E-state index in [4.69, 9.17) is 16.7 Å². The van der Waals surface area contributed by atoms with Gasteiger partial charge in [-0.15, -0.1) is 11.8 Å². The Labute approximate surface area is 111 Å². The van der Waals surface area contributed by atoms with Gasteiger partial charge in [0.2, 0.25) is 0 Å². The quantitative estimate of drug-likeness (QED) is 0.879. The van der Waals surface area contributed by atoms with Gasteiger partial charge in [-0.1, -0.05) is 33.6 Å². The van der Waals surface area contributed by atoms with Gasteiger partial charge < -0.3 is 5.11 Å². The third-order valence-corrected chi connectivity index (χ3v) is 4.50. The smallest absolute Gasteiger partial charge is 0.321 e. The van der Waals surface area contributed by atoms with Gasteiger partial charge in [0.05, 0.1) is 5.37 Å². The van der Waals surface area contributed by atoms with E-state index in [0.717, 1.165) is 10.0 Å². The first-order chi connectivity index (χ1) is 7.58. The van der Waals surface area contributed by atoms with E-state index in [0.29, 0.717) is 10.8 Å². The molecule has 2 N–H and O–H groups in total. The van der Waals surface area contributed by atoms with Crippen LogP contribution < -0.4 is 5.32 Å². The number of rotatable bonds is 2. The van der Waals surface area contributed by atoms with Crippen molar-refractivity contribution in [3.63, 3.8) is 0 Å². The van der Waals surface area contributed by atoms with Gasteiger partial charge in [0.15, 0.2) is 0 Å². The molecule has 0 radical (unpaired) electrons. The molecule has 1 heterocycles. The van der Waals surface area contributed by atoms with Crippen molar-refractivity contribution < 1.29 is 9.90 Å². The topological polar surface area (TPSA) is 49.3 Å². The molecule has 1 aromatic rings. The molecule has 2 atom stereocenters. The number of thioether (sulfide) groups is 1. The fourth-order valence-corrected chi connectivity index (χ4v) is 3.84. The number of aliphatic carboxylic acids is 1. The summed E-state index contributed by atoms with van der Waals surface area (Å²) in [5.41, 5.74) is 1.03. The maximum atomic E-state index is 10.8. The standard InChI is InChI=1S/C10H9BrClNO2S/c11-7-3-5(12)1-2-6(7)9-13-8(4-16-9)10(14)15/h1-3,8-9,13H,4H2,(H,14,15). The van der Waals surface area contributed by atoms with Crippen LogP contribution in [-0.4, -0.2) is 22.9 Å². The minimum atomic E-state index is -0.805. The van der Waals surface area contributed by atoms with E-state index in [1.165, 1.54) is 0 Å². The maximum absolute atomic E-state index is 10.8. The molecule has 1 fully saturated rings. The Bertz CT molecular complexity index is 429. The van der Waals surface area contributed by atoms with Crippen LogP contribution >= 0.6 is 39.3 Å². The predicted octanol–water partition coefficient (Wildman–Crippen LogP) is 2.89. The molecule has 1 aliphatic rings. The monoisotopic (exact) mass is 321 g/mol. The SMILES string of the molecule is O=C(O)C1CSC(c2ccc(Cl)cc2Br)N1. The average Bonchev–Trinajstić information content (AvgIpc) is 2.66. The summed E-state index contributed by atoms with van der Waals surface area (Å²) in [7, 11) is 0. The van der Waals surface area contributed by atoms with Crippen molar-refractivity contribution in [1.82, 2.24) is 5.32 Å². The molecule has 2 unspecified atom stereocenters. The van der Waals surface area contributed by atoms with Crippen LogP contribution in [0, 0.1) is 0 Å². The number of carboxylic acids is 1. The Morgan fingerprint density at radius 1 is 1.62 bits per heavy atom. The van der Waals surface area contributed by atoms with Crippen LogP contribution in [0.4, 0.5) is 0 Å². The van der Waals surface area contributed by atoms with E-state index in [9.17, 15) is 4.79 Å². The highest BCUT2D eigenvalue weighted by Crippen LogP contribution is 2.37. The lowest BCUT2D eigenvalue weighted by molar-refractivity contribution is -0.138. The number of carbonyl (C=O) groups is 1. The van der Waals surface area contributed by atoms with E-state index >= 15 is 0 Å². The van der Waals surface area contributed by atoms with E-state index in [1.807, 2.05) is 12.1 Å². The normalized spacial score (nSPS) is 24.6. The second-order valence-corrected chi connectivity index (χ2v) is 5.87. The van der Waals surface area contributed by atoms with E-state index in [-0.39, 0.29) is 5.37 Å². The minimum absolute atomic E-state index is 0.00717. The van der Waals surface area contributed by atoms with Crippen molar-refractivity contribution in [3.05, 3.63) is 33.3 Å². The number of hydrogen-bond donors (Lipinski definition) is 2. The van der Waals surface area contributed by atoms with Gasteiger partial charge in [0, 0.05) is 15.2 Å². The van der Waals surface area contributed by atoms with Gasteiger partial charge in [-0.3, -0.25) is 10.1 Å². The zero-order valence-corrected chi connectivity index (χ0v) is 11.3. The number of carboxylic acid groups (broad SMARTS) is 1. The van der Waals surface area contributed by atoms with Crippen molar-refractivity contribution in [2.24, 2.45) is 0 Å². The molecule has 0 bridgehead atoms. The first kappa shape index (κ1) is 12.2. The lowest BCUT2D eigenvalue weighted by Gasteiger charge is -2.13. The van der Waals surface area contributed by atoms with Crippen molar-refractivity contribution in [3.8, 4) is 0 Å². The highest BCUT2D eigenvalue weighted by Gasteiger charge is 2.31. The van der Waals surface area contributed by atoms with Crippen LogP contribution in [-0.2, 0) is 4.79 Å². The van der Waals surface area contributed by atoms with Gasteiger partial charge in [0.1, 0.15) is 6.04 Å². The molecule has 1 aliphatic heterocycles. The Morgan fingerprint density at radius 2 is 2.38 bits per heavy atom. The van der Waals surface area contributed by atoms with Crippen LogP contribution in [0.1, 0.15) is 10.9 Å². The molecule has 16 heavy (non-hydrogen) atoms. The Balaban J connectivity index is 2.17. The summed E-state index contributed by atoms with van der Waals surface area (Å²) < 4.78 is 0.899. The maximum Gasteiger partial charge on any atom is 0.321 e. The van der Waals surface area contributed by atoms with Crippen molar-refractivity contribution >= 4 is 45.3 Å². The highest BCUT2D eigenvalue weighted by molar-refractivity contribution is 9.10. The largest absolute Gasteiger partial charge is 0.480 e. The first-order valence-electron chi connectivity index (χ1n) is 4.63. The van der Waals surface area contributed by atoms with E-state index < -0.39 is 12.0 Å². The molecule has 1 saturated heterocycles. The van der Waals surface area contributed by atoms with Crippen molar-refractivity contribution in [2.45, 2.75) is 11.4 Å². The average molecular weight is 323 g/mol. The number of hydrogen-bond acceptors (Lipinski definition) is 3. The lowest BCUT2D eigenvalue weighted by atomic mass is 10.2. The molecule has 6 heteroatoms. The molecular formula is C10H9BrClNO2S.